The van der Waals surface area contributed by atoms with Gasteiger partial charge < -0.3 is 9.47 Å². The summed E-state index contributed by atoms with van der Waals surface area (Å²) in [6, 6.07) is 6.28. The van der Waals surface area contributed by atoms with E-state index < -0.39 is 0 Å². The van der Waals surface area contributed by atoms with Gasteiger partial charge in [-0.05, 0) is 32.8 Å². The molecule has 0 N–H and O–H groups in total. The Morgan fingerprint density at radius 2 is 2.24 bits per heavy atom. The van der Waals surface area contributed by atoms with E-state index in [2.05, 4.69) is 41.9 Å². The van der Waals surface area contributed by atoms with Gasteiger partial charge in [-0.2, -0.15) is 0 Å². The fourth-order valence-electron chi connectivity index (χ4n) is 2.14. The third-order valence-electron chi connectivity index (χ3n) is 3.10. The molecular weight excluding hydrogens is 280 g/mol. The van der Waals surface area contributed by atoms with Crippen LogP contribution in [0.15, 0.2) is 18.2 Å². The van der Waals surface area contributed by atoms with Gasteiger partial charge in [-0.1, -0.05) is 33.6 Å². The van der Waals surface area contributed by atoms with Crippen LogP contribution >= 0.6 is 15.9 Å². The zero-order valence-corrected chi connectivity index (χ0v) is 12.0. The fourth-order valence-corrected chi connectivity index (χ4v) is 2.58. The van der Waals surface area contributed by atoms with Crippen molar-refractivity contribution in [3.05, 3.63) is 29.3 Å². The highest BCUT2D eigenvalue weighted by Crippen LogP contribution is 2.25. The van der Waals surface area contributed by atoms with Gasteiger partial charge in [0.1, 0.15) is 12.4 Å². The smallest absolute Gasteiger partial charge is 0.123 e. The Hall–Kier alpha value is -0.540. The van der Waals surface area contributed by atoms with Crippen molar-refractivity contribution in [3.63, 3.8) is 0 Å². The van der Waals surface area contributed by atoms with Crippen molar-refractivity contribution in [1.29, 1.82) is 0 Å². The summed E-state index contributed by atoms with van der Waals surface area (Å²) in [6.45, 7) is 4.88. The van der Waals surface area contributed by atoms with Gasteiger partial charge in [0.15, 0.2) is 0 Å². The molecule has 0 aromatic heterocycles. The molecule has 0 bridgehead atoms. The summed E-state index contributed by atoms with van der Waals surface area (Å²) >= 11 is 3.49. The molecule has 94 valence electrons. The molecule has 17 heavy (non-hydrogen) atoms. The first-order chi connectivity index (χ1) is 8.19. The van der Waals surface area contributed by atoms with E-state index in [1.54, 1.807) is 0 Å². The zero-order chi connectivity index (χ0) is 12.3. The molecule has 2 unspecified atom stereocenters. The number of rotatable bonds is 4. The zero-order valence-electron chi connectivity index (χ0n) is 10.4. The Bertz CT molecular complexity index is 378. The summed E-state index contributed by atoms with van der Waals surface area (Å²) in [5.41, 5.74) is 2.47. The normalized spacial score (nSPS) is 23.9. The van der Waals surface area contributed by atoms with Crippen LogP contribution in [-0.4, -0.2) is 18.8 Å². The number of halogens is 1. The number of hydrogen-bond donors (Lipinski definition) is 0. The highest BCUT2D eigenvalue weighted by Gasteiger charge is 2.22. The van der Waals surface area contributed by atoms with Gasteiger partial charge >= 0.3 is 0 Å². The second-order valence-corrected chi connectivity index (χ2v) is 5.26. The largest absolute Gasteiger partial charge is 0.491 e. The van der Waals surface area contributed by atoms with Crippen molar-refractivity contribution < 1.29 is 9.47 Å². The molecule has 1 aromatic rings. The second kappa shape index (κ2) is 5.87. The summed E-state index contributed by atoms with van der Waals surface area (Å²) in [4.78, 5) is 0. The molecule has 1 fully saturated rings. The Morgan fingerprint density at radius 3 is 2.88 bits per heavy atom. The number of alkyl halides is 1. The van der Waals surface area contributed by atoms with Crippen LogP contribution < -0.4 is 4.74 Å². The maximum atomic E-state index is 5.86. The SMILES string of the molecule is Cc1ccc(OCC2CCC(C)O2)c(CBr)c1. The van der Waals surface area contributed by atoms with Crippen molar-refractivity contribution in [2.45, 2.75) is 44.2 Å². The van der Waals surface area contributed by atoms with Gasteiger partial charge in [0, 0.05) is 10.9 Å². The van der Waals surface area contributed by atoms with Crippen molar-refractivity contribution >= 4 is 15.9 Å². The Labute approximate surface area is 111 Å². The van der Waals surface area contributed by atoms with Gasteiger partial charge in [0.05, 0.1) is 12.2 Å². The number of benzene rings is 1. The van der Waals surface area contributed by atoms with Gasteiger partial charge in [0.25, 0.3) is 0 Å². The molecular formula is C14H19BrO2. The first-order valence-corrected chi connectivity index (χ1v) is 7.25. The molecule has 1 saturated heterocycles. The second-order valence-electron chi connectivity index (χ2n) is 4.70. The van der Waals surface area contributed by atoms with Crippen LogP contribution in [-0.2, 0) is 10.1 Å². The number of hydrogen-bond acceptors (Lipinski definition) is 2. The van der Waals surface area contributed by atoms with Crippen LogP contribution in [0.5, 0.6) is 5.75 Å². The first-order valence-electron chi connectivity index (χ1n) is 6.13. The molecule has 0 amide bonds. The van der Waals surface area contributed by atoms with Crippen molar-refractivity contribution in [2.24, 2.45) is 0 Å². The third-order valence-corrected chi connectivity index (χ3v) is 3.71. The summed E-state index contributed by atoms with van der Waals surface area (Å²) < 4.78 is 11.6. The van der Waals surface area contributed by atoms with Crippen LogP contribution in [0.2, 0.25) is 0 Å². The molecule has 3 heteroatoms. The van der Waals surface area contributed by atoms with Crippen LogP contribution in [0.25, 0.3) is 0 Å². The van der Waals surface area contributed by atoms with Gasteiger partial charge in [-0.15, -0.1) is 0 Å². The topological polar surface area (TPSA) is 18.5 Å². The summed E-state index contributed by atoms with van der Waals surface area (Å²) in [6.07, 6.45) is 2.90. The molecule has 0 saturated carbocycles. The lowest BCUT2D eigenvalue weighted by molar-refractivity contribution is 0.0263. The highest BCUT2D eigenvalue weighted by molar-refractivity contribution is 9.08. The average molecular weight is 299 g/mol. The molecule has 1 aliphatic rings. The van der Waals surface area contributed by atoms with Crippen LogP contribution in [0.1, 0.15) is 30.9 Å². The van der Waals surface area contributed by atoms with Crippen LogP contribution in [0.4, 0.5) is 0 Å². The van der Waals surface area contributed by atoms with Crippen molar-refractivity contribution in [2.75, 3.05) is 6.61 Å². The summed E-state index contributed by atoms with van der Waals surface area (Å²) in [7, 11) is 0. The quantitative estimate of drug-likeness (QED) is 0.787. The first kappa shape index (κ1) is 12.9. The minimum absolute atomic E-state index is 0.259. The lowest BCUT2D eigenvalue weighted by atomic mass is 10.1. The lowest BCUT2D eigenvalue weighted by Gasteiger charge is -2.15. The van der Waals surface area contributed by atoms with Gasteiger partial charge in [0.2, 0.25) is 0 Å². The number of aryl methyl sites for hydroxylation is 1. The maximum Gasteiger partial charge on any atom is 0.123 e. The van der Waals surface area contributed by atoms with Crippen molar-refractivity contribution in [1.82, 2.24) is 0 Å². The Balaban J connectivity index is 1.94. The molecule has 1 aromatic carbocycles. The molecule has 2 nitrogen and oxygen atoms in total. The average Bonchev–Trinajstić information content (AvgIpc) is 2.73. The van der Waals surface area contributed by atoms with E-state index in [-0.39, 0.29) is 6.10 Å². The van der Waals surface area contributed by atoms with E-state index in [9.17, 15) is 0 Å². The molecule has 2 rings (SSSR count). The highest BCUT2D eigenvalue weighted by atomic mass is 79.9. The van der Waals surface area contributed by atoms with Gasteiger partial charge in [-0.25, -0.2) is 0 Å². The summed E-state index contributed by atoms with van der Waals surface area (Å²) in [5.74, 6) is 0.968. The molecule has 1 heterocycles. The molecule has 0 radical (unpaired) electrons. The molecule has 0 spiro atoms. The molecule has 1 aliphatic heterocycles. The number of ether oxygens (including phenoxy) is 2. The predicted octanol–water partition coefficient (Wildman–Crippen LogP) is 3.84. The molecule has 2 atom stereocenters. The van der Waals surface area contributed by atoms with E-state index in [0.717, 1.165) is 23.9 Å². The summed E-state index contributed by atoms with van der Waals surface area (Å²) in [5, 5.41) is 0.825. The minimum Gasteiger partial charge on any atom is -0.491 e. The Morgan fingerprint density at radius 1 is 1.41 bits per heavy atom. The van der Waals surface area contributed by atoms with E-state index in [0.29, 0.717) is 12.7 Å². The predicted molar refractivity (Wildman–Crippen MR) is 72.9 cm³/mol. The Kier molecular flexibility index (Phi) is 4.46. The fraction of sp³-hybridized carbons (Fsp3) is 0.571. The minimum atomic E-state index is 0.259. The van der Waals surface area contributed by atoms with Crippen molar-refractivity contribution in [3.8, 4) is 5.75 Å². The van der Waals surface area contributed by atoms with E-state index in [1.807, 2.05) is 6.07 Å². The monoisotopic (exact) mass is 298 g/mol. The van der Waals surface area contributed by atoms with Crippen LogP contribution in [0, 0.1) is 6.92 Å². The van der Waals surface area contributed by atoms with Gasteiger partial charge in [-0.3, -0.25) is 0 Å². The molecule has 0 aliphatic carbocycles. The van der Waals surface area contributed by atoms with Crippen LogP contribution in [0.3, 0.4) is 0 Å². The van der Waals surface area contributed by atoms with E-state index in [4.69, 9.17) is 9.47 Å². The van der Waals surface area contributed by atoms with E-state index >= 15 is 0 Å². The maximum absolute atomic E-state index is 5.86. The lowest BCUT2D eigenvalue weighted by Crippen LogP contribution is -2.18. The standard InChI is InChI=1S/C14H19BrO2/c1-10-3-6-14(12(7-10)8-15)16-9-13-5-4-11(2)17-13/h3,6-7,11,13H,4-5,8-9H2,1-2H3. The van der Waals surface area contributed by atoms with E-state index in [1.165, 1.54) is 11.1 Å². The third kappa shape index (κ3) is 3.46.